The van der Waals surface area contributed by atoms with Crippen molar-refractivity contribution in [1.82, 2.24) is 0 Å². The van der Waals surface area contributed by atoms with Crippen molar-refractivity contribution in [2.24, 2.45) is 0 Å². The zero-order chi connectivity index (χ0) is 54.3. The molecule has 6 nitrogen and oxygen atoms in total. The van der Waals surface area contributed by atoms with Gasteiger partial charge in [-0.1, -0.05) is 264 Å². The van der Waals surface area contributed by atoms with E-state index < -0.39 is 6.10 Å². The highest BCUT2D eigenvalue weighted by atomic mass is 16.6. The predicted molar refractivity (Wildman–Crippen MR) is 325 cm³/mol. The van der Waals surface area contributed by atoms with Crippen molar-refractivity contribution >= 4 is 17.9 Å². The Hall–Kier alpha value is -4.19. The fourth-order valence-corrected chi connectivity index (χ4v) is 8.31. The van der Waals surface area contributed by atoms with Crippen molar-refractivity contribution in [1.29, 1.82) is 0 Å². The van der Waals surface area contributed by atoms with Crippen LogP contribution in [0.25, 0.3) is 0 Å². The maximum absolute atomic E-state index is 12.8. The molecule has 0 bridgehead atoms. The molecule has 1 unspecified atom stereocenters. The molecular weight excluding hydrogens is 925 g/mol. The van der Waals surface area contributed by atoms with Gasteiger partial charge in [-0.15, -0.1) is 0 Å². The number of ether oxygens (including phenoxy) is 3. The highest BCUT2D eigenvalue weighted by molar-refractivity contribution is 5.71. The molecule has 0 radical (unpaired) electrons. The SMILES string of the molecule is CC/C=C\C/C=C\C/C=C\C/C=C\C/C=C\C/C=C\C/C=C\CCCCCC(=O)OC(COC(=O)CCCCCCC)COC(=O)CCCCCCCCCCCCCC/C=C\C/C=C\C/C=C\CCCCCCC. The van der Waals surface area contributed by atoms with Crippen LogP contribution in [0, 0.1) is 0 Å². The summed E-state index contributed by atoms with van der Waals surface area (Å²) in [4.78, 5) is 37.9. The molecule has 0 aromatic carbocycles. The maximum Gasteiger partial charge on any atom is 0.306 e. The molecule has 0 rings (SSSR count). The Morgan fingerprint density at radius 1 is 0.280 bits per heavy atom. The number of rotatable bonds is 55. The van der Waals surface area contributed by atoms with Crippen LogP contribution in [0.1, 0.15) is 278 Å². The van der Waals surface area contributed by atoms with Crippen LogP contribution in [0.3, 0.4) is 0 Å². The van der Waals surface area contributed by atoms with E-state index in [1.54, 1.807) is 0 Å². The van der Waals surface area contributed by atoms with Crippen molar-refractivity contribution in [2.75, 3.05) is 13.2 Å². The van der Waals surface area contributed by atoms with E-state index in [2.05, 4.69) is 142 Å². The Kier molecular flexibility index (Phi) is 58.9. The number of esters is 3. The van der Waals surface area contributed by atoms with E-state index >= 15 is 0 Å². The molecular formula is C69H114O6. The summed E-state index contributed by atoms with van der Waals surface area (Å²) in [7, 11) is 0. The lowest BCUT2D eigenvalue weighted by Crippen LogP contribution is -2.30. The molecule has 0 aromatic heterocycles. The molecule has 1 atom stereocenters. The summed E-state index contributed by atoms with van der Waals surface area (Å²) in [5, 5.41) is 0. The zero-order valence-corrected chi connectivity index (χ0v) is 48.8. The second kappa shape index (κ2) is 62.4. The summed E-state index contributed by atoms with van der Waals surface area (Å²) in [6, 6.07) is 0. The smallest absolute Gasteiger partial charge is 0.306 e. The minimum Gasteiger partial charge on any atom is -0.462 e. The predicted octanol–water partition coefficient (Wildman–Crippen LogP) is 21.2. The number of carbonyl (C=O) groups is 3. The van der Waals surface area contributed by atoms with Gasteiger partial charge in [0, 0.05) is 19.3 Å². The minimum absolute atomic E-state index is 0.0946. The standard InChI is InChI=1S/C69H114O6/c1-4-7-10-13-15-17-19-21-23-25-27-29-31-33-34-36-37-39-41-43-45-47-49-51-53-56-59-62-68(71)74-65-66(64-73-67(70)61-58-55-12-9-6-3)75-69(72)63-60-57-54-52-50-48-46-44-42-40-38-35-32-30-28-26-24-22-20-18-16-14-11-8-5-2/h8,11,16,18-19,21-22,24-25,27-28,30-31,33,35,38,42,44,48,50,66H,4-7,9-10,12-15,17,20,23,26,29,32,34,36-37,39-41,43,45-47,49,51-65H2,1-3H3/b11-8-,18-16-,21-19-,24-22-,27-25-,30-28-,33-31-,38-35-,44-42-,50-48-. The average Bonchev–Trinajstić information content (AvgIpc) is 3.41. The fraction of sp³-hybridized carbons (Fsp3) is 0.667. The van der Waals surface area contributed by atoms with Crippen LogP contribution < -0.4 is 0 Å². The quantitative estimate of drug-likeness (QED) is 0.0261. The first-order chi connectivity index (χ1) is 37.0. The minimum atomic E-state index is -0.797. The van der Waals surface area contributed by atoms with Crippen LogP contribution in [-0.2, 0) is 28.6 Å². The van der Waals surface area contributed by atoms with Crippen LogP contribution in [0.5, 0.6) is 0 Å². The first kappa shape index (κ1) is 70.8. The van der Waals surface area contributed by atoms with Crippen LogP contribution in [0.2, 0.25) is 0 Å². The van der Waals surface area contributed by atoms with Gasteiger partial charge in [-0.2, -0.15) is 0 Å². The van der Waals surface area contributed by atoms with E-state index in [1.165, 1.54) is 103 Å². The van der Waals surface area contributed by atoms with Gasteiger partial charge in [0.2, 0.25) is 0 Å². The molecule has 0 heterocycles. The topological polar surface area (TPSA) is 78.9 Å². The molecule has 0 N–H and O–H groups in total. The number of hydrogen-bond acceptors (Lipinski definition) is 6. The van der Waals surface area contributed by atoms with Gasteiger partial charge in [0.05, 0.1) is 0 Å². The normalized spacial score (nSPS) is 12.9. The monoisotopic (exact) mass is 1040 g/mol. The third kappa shape index (κ3) is 60.6. The van der Waals surface area contributed by atoms with E-state index in [4.69, 9.17) is 14.2 Å². The van der Waals surface area contributed by atoms with E-state index in [-0.39, 0.29) is 37.5 Å². The van der Waals surface area contributed by atoms with Crippen molar-refractivity contribution < 1.29 is 28.6 Å². The van der Waals surface area contributed by atoms with Gasteiger partial charge in [0.25, 0.3) is 0 Å². The molecule has 0 saturated carbocycles. The van der Waals surface area contributed by atoms with Gasteiger partial charge >= 0.3 is 17.9 Å². The summed E-state index contributed by atoms with van der Waals surface area (Å²) in [6.45, 7) is 6.40. The first-order valence-electron chi connectivity index (χ1n) is 31.0. The molecule has 0 fully saturated rings. The Bertz CT molecular complexity index is 1570. The lowest BCUT2D eigenvalue weighted by Gasteiger charge is -2.18. The van der Waals surface area contributed by atoms with Crippen LogP contribution in [0.15, 0.2) is 122 Å². The van der Waals surface area contributed by atoms with Gasteiger partial charge in [0.15, 0.2) is 6.10 Å². The molecule has 0 aliphatic rings. The summed E-state index contributed by atoms with van der Waals surface area (Å²) < 4.78 is 16.7. The van der Waals surface area contributed by atoms with Crippen LogP contribution >= 0.6 is 0 Å². The van der Waals surface area contributed by atoms with Crippen molar-refractivity contribution in [3.63, 3.8) is 0 Å². The third-order valence-electron chi connectivity index (χ3n) is 13.0. The second-order valence-electron chi connectivity index (χ2n) is 20.2. The number of hydrogen-bond donors (Lipinski definition) is 0. The first-order valence-corrected chi connectivity index (χ1v) is 31.0. The zero-order valence-electron chi connectivity index (χ0n) is 48.8. The van der Waals surface area contributed by atoms with Crippen molar-refractivity contribution in [2.45, 2.75) is 284 Å². The van der Waals surface area contributed by atoms with E-state index in [0.717, 1.165) is 135 Å². The van der Waals surface area contributed by atoms with Gasteiger partial charge in [-0.3, -0.25) is 14.4 Å². The third-order valence-corrected chi connectivity index (χ3v) is 13.0. The van der Waals surface area contributed by atoms with Crippen molar-refractivity contribution in [3.05, 3.63) is 122 Å². The highest BCUT2D eigenvalue weighted by Gasteiger charge is 2.19. The number of unbranched alkanes of at least 4 members (excludes halogenated alkanes) is 24. The Morgan fingerprint density at radius 2 is 0.520 bits per heavy atom. The summed E-state index contributed by atoms with van der Waals surface area (Å²) in [5.74, 6) is -0.944. The number of allylic oxidation sites excluding steroid dienone is 20. The van der Waals surface area contributed by atoms with Gasteiger partial charge < -0.3 is 14.2 Å². The second-order valence-corrected chi connectivity index (χ2v) is 20.2. The fourth-order valence-electron chi connectivity index (χ4n) is 8.31. The van der Waals surface area contributed by atoms with Gasteiger partial charge in [0.1, 0.15) is 13.2 Å². The molecule has 0 amide bonds. The van der Waals surface area contributed by atoms with Gasteiger partial charge in [-0.25, -0.2) is 0 Å². The Morgan fingerprint density at radius 3 is 0.827 bits per heavy atom. The van der Waals surface area contributed by atoms with Crippen LogP contribution in [-0.4, -0.2) is 37.2 Å². The molecule has 426 valence electrons. The van der Waals surface area contributed by atoms with Crippen molar-refractivity contribution in [3.8, 4) is 0 Å². The number of carbonyl (C=O) groups excluding carboxylic acids is 3. The Balaban J connectivity index is 4.15. The van der Waals surface area contributed by atoms with E-state index in [9.17, 15) is 14.4 Å². The molecule has 0 aliphatic heterocycles. The summed E-state index contributed by atoms with van der Waals surface area (Å²) >= 11 is 0. The molecule has 75 heavy (non-hydrogen) atoms. The molecule has 0 saturated heterocycles. The summed E-state index contributed by atoms with van der Waals surface area (Å²) in [5.41, 5.74) is 0. The van der Waals surface area contributed by atoms with E-state index in [1.807, 2.05) is 0 Å². The Labute approximate surface area is 462 Å². The van der Waals surface area contributed by atoms with E-state index in [0.29, 0.717) is 12.8 Å². The summed E-state index contributed by atoms with van der Waals surface area (Å²) in [6.07, 6.45) is 86.8. The highest BCUT2D eigenvalue weighted by Crippen LogP contribution is 2.15. The average molecular weight is 1040 g/mol. The molecule has 0 aliphatic carbocycles. The molecule has 6 heteroatoms. The molecule has 0 spiro atoms. The largest absolute Gasteiger partial charge is 0.462 e. The lowest BCUT2D eigenvalue weighted by atomic mass is 10.0. The van der Waals surface area contributed by atoms with Gasteiger partial charge in [-0.05, 0) is 116 Å². The maximum atomic E-state index is 12.8. The van der Waals surface area contributed by atoms with Crippen LogP contribution in [0.4, 0.5) is 0 Å². The molecule has 0 aromatic rings. The lowest BCUT2D eigenvalue weighted by molar-refractivity contribution is -0.167.